The number of hydrogen-bond acceptors (Lipinski definition) is 3. The van der Waals surface area contributed by atoms with Crippen LogP contribution in [0, 0.1) is 5.82 Å². The smallest absolute Gasteiger partial charge is 0.271 e. The van der Waals surface area contributed by atoms with Gasteiger partial charge in [-0.1, -0.05) is 18.2 Å². The Morgan fingerprint density at radius 1 is 1.19 bits per heavy atom. The zero-order valence-electron chi connectivity index (χ0n) is 11.9. The topological polar surface area (TPSA) is 44.7 Å². The summed E-state index contributed by atoms with van der Waals surface area (Å²) in [4.78, 5) is 13.7. The predicted molar refractivity (Wildman–Crippen MR) is 82.2 cm³/mol. The van der Waals surface area contributed by atoms with Gasteiger partial charge >= 0.3 is 0 Å². The molecule has 4 nitrogen and oxygen atoms in total. The molecule has 0 aliphatic carbocycles. The highest BCUT2D eigenvalue weighted by molar-refractivity contribution is 5.94. The number of rotatable bonds is 4. The molecule has 0 atom stereocenters. The number of carbonyl (C=O) groups excluding carboxylic acids is 1. The Kier molecular flexibility index (Phi) is 4.66. The Bertz CT molecular complexity index is 651. The molecule has 0 aromatic heterocycles. The van der Waals surface area contributed by atoms with E-state index in [1.807, 2.05) is 43.3 Å². The molecule has 1 N–H and O–H groups in total. The molecule has 0 radical (unpaired) electrons. The molecule has 0 saturated heterocycles. The van der Waals surface area contributed by atoms with Crippen molar-refractivity contribution in [1.82, 2.24) is 5.43 Å². The first-order chi connectivity index (χ1) is 10.1. The van der Waals surface area contributed by atoms with Gasteiger partial charge in [-0.05, 0) is 35.9 Å². The van der Waals surface area contributed by atoms with Gasteiger partial charge in [0.25, 0.3) is 5.91 Å². The normalized spacial score (nSPS) is 10.6. The quantitative estimate of drug-likeness (QED) is 0.693. The summed E-state index contributed by atoms with van der Waals surface area (Å²) < 4.78 is 13.0. The molecule has 0 unspecified atom stereocenters. The summed E-state index contributed by atoms with van der Waals surface area (Å²) in [5.74, 6) is -0.901. The van der Waals surface area contributed by atoms with Gasteiger partial charge < -0.3 is 4.90 Å². The highest BCUT2D eigenvalue weighted by atomic mass is 19.1. The number of nitrogens with zero attached hydrogens (tertiary/aromatic N) is 2. The molecule has 108 valence electrons. The van der Waals surface area contributed by atoms with Gasteiger partial charge in [-0.15, -0.1) is 0 Å². The minimum absolute atomic E-state index is 0.232. The molecule has 21 heavy (non-hydrogen) atoms. The third kappa shape index (κ3) is 4.14. The third-order valence-corrected chi connectivity index (χ3v) is 2.88. The Morgan fingerprint density at radius 3 is 2.52 bits per heavy atom. The average molecular weight is 285 g/mol. The van der Waals surface area contributed by atoms with E-state index in [1.165, 1.54) is 24.4 Å². The van der Waals surface area contributed by atoms with E-state index in [4.69, 9.17) is 0 Å². The Hall–Kier alpha value is -2.69. The lowest BCUT2D eigenvalue weighted by Crippen LogP contribution is -2.17. The SMILES string of the molecule is CN(C)c1ccc(C=NNC(=O)c2cccc(F)c2)cc1. The van der Waals surface area contributed by atoms with Crippen molar-refractivity contribution in [3.8, 4) is 0 Å². The first kappa shape index (κ1) is 14.7. The van der Waals surface area contributed by atoms with E-state index in [9.17, 15) is 9.18 Å². The van der Waals surface area contributed by atoms with Crippen LogP contribution in [0.2, 0.25) is 0 Å². The molecule has 0 spiro atoms. The fraction of sp³-hybridized carbons (Fsp3) is 0.125. The molecule has 0 aliphatic rings. The maximum atomic E-state index is 13.0. The summed E-state index contributed by atoms with van der Waals surface area (Å²) >= 11 is 0. The Morgan fingerprint density at radius 2 is 1.90 bits per heavy atom. The summed E-state index contributed by atoms with van der Waals surface area (Å²) in [6, 6.07) is 13.2. The summed E-state index contributed by atoms with van der Waals surface area (Å²) in [5, 5.41) is 3.86. The second kappa shape index (κ2) is 6.65. The van der Waals surface area contributed by atoms with Gasteiger partial charge in [0.1, 0.15) is 5.82 Å². The molecule has 0 saturated carbocycles. The monoisotopic (exact) mass is 285 g/mol. The molecule has 0 bridgehead atoms. The zero-order valence-corrected chi connectivity index (χ0v) is 11.9. The fourth-order valence-electron chi connectivity index (χ4n) is 1.72. The van der Waals surface area contributed by atoms with Gasteiger partial charge in [0.15, 0.2) is 0 Å². The second-order valence-corrected chi connectivity index (χ2v) is 4.70. The summed E-state index contributed by atoms with van der Waals surface area (Å²) in [5.41, 5.74) is 4.54. The Labute approximate surface area is 122 Å². The zero-order chi connectivity index (χ0) is 15.2. The van der Waals surface area contributed by atoms with Crippen molar-refractivity contribution >= 4 is 17.8 Å². The van der Waals surface area contributed by atoms with Gasteiger partial charge in [0, 0.05) is 25.3 Å². The number of benzene rings is 2. The van der Waals surface area contributed by atoms with Gasteiger partial charge in [-0.3, -0.25) is 4.79 Å². The third-order valence-electron chi connectivity index (χ3n) is 2.88. The first-order valence-electron chi connectivity index (χ1n) is 6.42. The molecule has 2 rings (SSSR count). The summed E-state index contributed by atoms with van der Waals surface area (Å²) in [6.07, 6.45) is 1.54. The van der Waals surface area contributed by atoms with Gasteiger partial charge in [-0.25, -0.2) is 9.82 Å². The van der Waals surface area contributed by atoms with Crippen molar-refractivity contribution in [2.75, 3.05) is 19.0 Å². The molecule has 2 aromatic rings. The maximum Gasteiger partial charge on any atom is 0.271 e. The van der Waals surface area contributed by atoms with Crippen LogP contribution in [0.4, 0.5) is 10.1 Å². The minimum atomic E-state index is -0.453. The van der Waals surface area contributed by atoms with E-state index in [0.29, 0.717) is 0 Å². The number of anilines is 1. The molecular weight excluding hydrogens is 269 g/mol. The lowest BCUT2D eigenvalue weighted by atomic mass is 10.2. The molecule has 1 amide bonds. The van der Waals surface area contributed by atoms with Crippen molar-refractivity contribution in [3.63, 3.8) is 0 Å². The number of carbonyl (C=O) groups is 1. The number of halogens is 1. The maximum absolute atomic E-state index is 13.0. The molecular formula is C16H16FN3O. The van der Waals surface area contributed by atoms with E-state index < -0.39 is 11.7 Å². The van der Waals surface area contributed by atoms with E-state index >= 15 is 0 Å². The number of amides is 1. The minimum Gasteiger partial charge on any atom is -0.378 e. The predicted octanol–water partition coefficient (Wildman–Crippen LogP) is 2.66. The van der Waals surface area contributed by atoms with E-state index in [2.05, 4.69) is 10.5 Å². The second-order valence-electron chi connectivity index (χ2n) is 4.70. The van der Waals surface area contributed by atoms with Crippen LogP contribution < -0.4 is 10.3 Å². The van der Waals surface area contributed by atoms with E-state index in [0.717, 1.165) is 17.3 Å². The van der Waals surface area contributed by atoms with Crippen LogP contribution in [0.25, 0.3) is 0 Å². The van der Waals surface area contributed by atoms with Crippen LogP contribution >= 0.6 is 0 Å². The highest BCUT2D eigenvalue weighted by Crippen LogP contribution is 2.10. The lowest BCUT2D eigenvalue weighted by Gasteiger charge is -2.11. The first-order valence-corrected chi connectivity index (χ1v) is 6.42. The van der Waals surface area contributed by atoms with Crippen LogP contribution in [-0.4, -0.2) is 26.2 Å². The molecule has 2 aromatic carbocycles. The molecule has 0 fully saturated rings. The van der Waals surface area contributed by atoms with Gasteiger partial charge in [-0.2, -0.15) is 5.10 Å². The van der Waals surface area contributed by atoms with Gasteiger partial charge in [0.2, 0.25) is 0 Å². The highest BCUT2D eigenvalue weighted by Gasteiger charge is 2.04. The fourth-order valence-corrected chi connectivity index (χ4v) is 1.72. The summed E-state index contributed by atoms with van der Waals surface area (Å²) in [7, 11) is 3.92. The average Bonchev–Trinajstić information content (AvgIpc) is 2.47. The largest absolute Gasteiger partial charge is 0.378 e. The van der Waals surface area contributed by atoms with Crippen molar-refractivity contribution in [2.45, 2.75) is 0 Å². The van der Waals surface area contributed by atoms with Crippen molar-refractivity contribution in [1.29, 1.82) is 0 Å². The summed E-state index contributed by atoms with van der Waals surface area (Å²) in [6.45, 7) is 0. The van der Waals surface area contributed by atoms with E-state index in [1.54, 1.807) is 0 Å². The van der Waals surface area contributed by atoms with Crippen molar-refractivity contribution < 1.29 is 9.18 Å². The van der Waals surface area contributed by atoms with Crippen molar-refractivity contribution in [3.05, 3.63) is 65.5 Å². The molecule has 5 heteroatoms. The van der Waals surface area contributed by atoms with Gasteiger partial charge in [0.05, 0.1) is 6.21 Å². The molecule has 0 aliphatic heterocycles. The van der Waals surface area contributed by atoms with Crippen LogP contribution in [0.5, 0.6) is 0 Å². The van der Waals surface area contributed by atoms with Crippen LogP contribution in [0.1, 0.15) is 15.9 Å². The van der Waals surface area contributed by atoms with Crippen LogP contribution in [0.15, 0.2) is 53.6 Å². The standard InChI is InChI=1S/C16H16FN3O/c1-20(2)15-8-6-12(7-9-15)11-18-19-16(21)13-4-3-5-14(17)10-13/h3-11H,1-2H3,(H,19,21). The molecule has 0 heterocycles. The van der Waals surface area contributed by atoms with Crippen LogP contribution in [0.3, 0.4) is 0 Å². The van der Waals surface area contributed by atoms with Crippen LogP contribution in [-0.2, 0) is 0 Å². The Balaban J connectivity index is 1.97. The number of nitrogens with one attached hydrogen (secondary N) is 1. The number of hydrogen-bond donors (Lipinski definition) is 1. The van der Waals surface area contributed by atoms with Crippen molar-refractivity contribution in [2.24, 2.45) is 5.10 Å². The lowest BCUT2D eigenvalue weighted by molar-refractivity contribution is 0.0954. The van der Waals surface area contributed by atoms with E-state index in [-0.39, 0.29) is 5.56 Å². The number of hydrazone groups is 1.